The number of hydrogen-bond acceptors (Lipinski definition) is 2. The molecule has 0 saturated carbocycles. The number of amidine groups is 1. The summed E-state index contributed by atoms with van der Waals surface area (Å²) in [5, 5.41) is 11.8. The average Bonchev–Trinajstić information content (AvgIpc) is 2.97. The fraction of sp³-hybridized carbons (Fsp3) is 0.706. The van der Waals surface area contributed by atoms with Crippen molar-refractivity contribution in [1.82, 2.24) is 4.57 Å². The van der Waals surface area contributed by atoms with E-state index >= 15 is 0 Å². The minimum atomic E-state index is 0.187. The molecule has 0 bridgehead atoms. The number of oxime groups is 1. The lowest BCUT2D eigenvalue weighted by molar-refractivity contribution is 0.318. The van der Waals surface area contributed by atoms with Crippen LogP contribution in [-0.4, -0.2) is 15.6 Å². The monoisotopic (exact) mass is 293 g/mol. The average molecular weight is 293 g/mol. The van der Waals surface area contributed by atoms with Gasteiger partial charge in [-0.25, -0.2) is 0 Å². The molecule has 3 N–H and O–H groups in total. The number of unbranched alkanes of at least 4 members (excludes halogenated alkanes) is 9. The van der Waals surface area contributed by atoms with Gasteiger partial charge < -0.3 is 15.5 Å². The highest BCUT2D eigenvalue weighted by Gasteiger charge is 2.04. The molecule has 0 aliphatic carbocycles. The van der Waals surface area contributed by atoms with Crippen molar-refractivity contribution < 1.29 is 5.21 Å². The maximum absolute atomic E-state index is 8.73. The first-order chi connectivity index (χ1) is 10.3. The SMILES string of the molecule is CCCCCCCCCCCCn1cccc1/C(N)=N/O. The Bertz CT molecular complexity index is 398. The number of rotatable bonds is 12. The van der Waals surface area contributed by atoms with Crippen LogP contribution in [0.15, 0.2) is 23.5 Å². The van der Waals surface area contributed by atoms with E-state index in [9.17, 15) is 0 Å². The van der Waals surface area contributed by atoms with Crippen molar-refractivity contribution >= 4 is 5.84 Å². The Kier molecular flexibility index (Phi) is 9.42. The van der Waals surface area contributed by atoms with Crippen LogP contribution in [0.3, 0.4) is 0 Å². The van der Waals surface area contributed by atoms with E-state index in [0.717, 1.165) is 18.7 Å². The van der Waals surface area contributed by atoms with Crippen molar-refractivity contribution in [1.29, 1.82) is 0 Å². The van der Waals surface area contributed by atoms with E-state index in [-0.39, 0.29) is 5.84 Å². The van der Waals surface area contributed by atoms with Gasteiger partial charge in [0.05, 0.1) is 5.69 Å². The van der Waals surface area contributed by atoms with E-state index in [4.69, 9.17) is 10.9 Å². The van der Waals surface area contributed by atoms with Gasteiger partial charge in [-0.3, -0.25) is 0 Å². The normalized spacial score (nSPS) is 12.0. The molecule has 0 radical (unpaired) electrons. The Morgan fingerprint density at radius 2 is 1.62 bits per heavy atom. The molecule has 0 aromatic carbocycles. The van der Waals surface area contributed by atoms with Gasteiger partial charge in [0.2, 0.25) is 0 Å². The van der Waals surface area contributed by atoms with Crippen molar-refractivity contribution in [2.75, 3.05) is 0 Å². The summed E-state index contributed by atoms with van der Waals surface area (Å²) in [7, 11) is 0. The van der Waals surface area contributed by atoms with Crippen LogP contribution in [0.5, 0.6) is 0 Å². The predicted molar refractivity (Wildman–Crippen MR) is 88.8 cm³/mol. The van der Waals surface area contributed by atoms with E-state index in [1.165, 1.54) is 57.8 Å². The Morgan fingerprint density at radius 3 is 2.19 bits per heavy atom. The lowest BCUT2D eigenvalue weighted by Gasteiger charge is -2.08. The molecule has 1 rings (SSSR count). The van der Waals surface area contributed by atoms with Crippen LogP contribution in [0, 0.1) is 0 Å². The molecule has 1 aromatic rings. The number of nitrogens with two attached hydrogens (primary N) is 1. The third-order valence-electron chi connectivity index (χ3n) is 3.95. The third kappa shape index (κ3) is 7.21. The van der Waals surface area contributed by atoms with Crippen LogP contribution < -0.4 is 5.73 Å². The van der Waals surface area contributed by atoms with Crippen LogP contribution in [-0.2, 0) is 6.54 Å². The number of hydrogen-bond donors (Lipinski definition) is 2. The zero-order valence-electron chi connectivity index (χ0n) is 13.4. The van der Waals surface area contributed by atoms with Crippen molar-refractivity contribution in [2.24, 2.45) is 10.9 Å². The quantitative estimate of drug-likeness (QED) is 0.196. The number of aromatic nitrogens is 1. The van der Waals surface area contributed by atoms with E-state index in [0.29, 0.717) is 0 Å². The smallest absolute Gasteiger partial charge is 0.186 e. The highest BCUT2D eigenvalue weighted by molar-refractivity contribution is 5.95. The molecule has 0 aliphatic rings. The molecule has 0 saturated heterocycles. The van der Waals surface area contributed by atoms with Crippen LogP contribution in [0.2, 0.25) is 0 Å². The second kappa shape index (κ2) is 11.2. The minimum absolute atomic E-state index is 0.187. The van der Waals surface area contributed by atoms with Gasteiger partial charge >= 0.3 is 0 Å². The van der Waals surface area contributed by atoms with E-state index in [1.54, 1.807) is 0 Å². The molecule has 4 nitrogen and oxygen atoms in total. The predicted octanol–water partition coefficient (Wildman–Crippen LogP) is 4.50. The molecule has 0 amide bonds. The first-order valence-electron chi connectivity index (χ1n) is 8.42. The summed E-state index contributed by atoms with van der Waals surface area (Å²) in [6, 6.07) is 3.81. The molecule has 0 atom stereocenters. The van der Waals surface area contributed by atoms with Crippen molar-refractivity contribution in [3.8, 4) is 0 Å². The largest absolute Gasteiger partial charge is 0.409 e. The third-order valence-corrected chi connectivity index (χ3v) is 3.95. The molecule has 1 aromatic heterocycles. The van der Waals surface area contributed by atoms with E-state index in [2.05, 4.69) is 16.6 Å². The molecule has 1 heterocycles. The molecule has 21 heavy (non-hydrogen) atoms. The summed E-state index contributed by atoms with van der Waals surface area (Å²) in [4.78, 5) is 0. The van der Waals surface area contributed by atoms with Gasteiger partial charge in [-0.05, 0) is 18.6 Å². The van der Waals surface area contributed by atoms with Gasteiger partial charge in [0, 0.05) is 12.7 Å². The molecule has 0 unspecified atom stereocenters. The van der Waals surface area contributed by atoms with Gasteiger partial charge in [-0.1, -0.05) is 69.9 Å². The molecular weight excluding hydrogens is 262 g/mol. The summed E-state index contributed by atoms with van der Waals surface area (Å²) in [5.74, 6) is 0.187. The van der Waals surface area contributed by atoms with Crippen molar-refractivity contribution in [3.05, 3.63) is 24.0 Å². The zero-order chi connectivity index (χ0) is 15.3. The molecule has 4 heteroatoms. The standard InChI is InChI=1S/C17H31N3O/c1-2-3-4-5-6-7-8-9-10-11-14-20-15-12-13-16(20)17(18)19-21/h12-13,15,21H,2-11,14H2,1H3,(H2,18,19). The van der Waals surface area contributed by atoms with Gasteiger partial charge in [-0.15, -0.1) is 0 Å². The summed E-state index contributed by atoms with van der Waals surface area (Å²) in [6.07, 6.45) is 15.3. The summed E-state index contributed by atoms with van der Waals surface area (Å²) >= 11 is 0. The maximum atomic E-state index is 8.73. The lowest BCUT2D eigenvalue weighted by atomic mass is 10.1. The highest BCUT2D eigenvalue weighted by atomic mass is 16.4. The lowest BCUT2D eigenvalue weighted by Crippen LogP contribution is -2.18. The summed E-state index contributed by atoms with van der Waals surface area (Å²) in [5.41, 5.74) is 6.44. The van der Waals surface area contributed by atoms with Crippen LogP contribution in [0.25, 0.3) is 0 Å². The van der Waals surface area contributed by atoms with Gasteiger partial charge in [0.15, 0.2) is 5.84 Å². The molecule has 120 valence electrons. The fourth-order valence-corrected chi connectivity index (χ4v) is 2.66. The molecular formula is C17H31N3O. The minimum Gasteiger partial charge on any atom is -0.409 e. The van der Waals surface area contributed by atoms with Gasteiger partial charge in [-0.2, -0.15) is 0 Å². The Hall–Kier alpha value is -1.45. The first-order valence-corrected chi connectivity index (χ1v) is 8.42. The number of nitrogens with zero attached hydrogens (tertiary/aromatic N) is 2. The van der Waals surface area contributed by atoms with Crippen LogP contribution in [0.4, 0.5) is 0 Å². The summed E-state index contributed by atoms with van der Waals surface area (Å²) < 4.78 is 2.06. The Balaban J connectivity index is 2.03. The first kappa shape index (κ1) is 17.6. The van der Waals surface area contributed by atoms with Crippen LogP contribution >= 0.6 is 0 Å². The van der Waals surface area contributed by atoms with E-state index < -0.39 is 0 Å². The molecule has 0 fully saturated rings. The van der Waals surface area contributed by atoms with Gasteiger partial charge in [0.1, 0.15) is 0 Å². The maximum Gasteiger partial charge on any atom is 0.186 e. The van der Waals surface area contributed by atoms with E-state index in [1.807, 2.05) is 18.3 Å². The fourth-order valence-electron chi connectivity index (χ4n) is 2.66. The zero-order valence-corrected chi connectivity index (χ0v) is 13.4. The second-order valence-electron chi connectivity index (χ2n) is 5.75. The van der Waals surface area contributed by atoms with Crippen LogP contribution in [0.1, 0.15) is 76.8 Å². The van der Waals surface area contributed by atoms with Crippen molar-refractivity contribution in [2.45, 2.75) is 77.7 Å². The highest BCUT2D eigenvalue weighted by Crippen LogP contribution is 2.11. The summed E-state index contributed by atoms with van der Waals surface area (Å²) in [6.45, 7) is 3.20. The Morgan fingerprint density at radius 1 is 1.05 bits per heavy atom. The topological polar surface area (TPSA) is 63.5 Å². The van der Waals surface area contributed by atoms with Crippen molar-refractivity contribution in [3.63, 3.8) is 0 Å². The Labute approximate surface area is 129 Å². The molecule has 0 spiro atoms. The van der Waals surface area contributed by atoms with Gasteiger partial charge in [0.25, 0.3) is 0 Å². The number of aryl methyl sites for hydroxylation is 1. The molecule has 0 aliphatic heterocycles. The second-order valence-corrected chi connectivity index (χ2v) is 5.75.